The Bertz CT molecular complexity index is 828. The van der Waals surface area contributed by atoms with Crippen LogP contribution in [0.15, 0.2) is 36.7 Å². The van der Waals surface area contributed by atoms with Crippen molar-refractivity contribution in [1.29, 1.82) is 0 Å². The molecular formula is C19H22N2O4. The highest BCUT2D eigenvalue weighted by atomic mass is 16.5. The lowest BCUT2D eigenvalue weighted by atomic mass is 9.54. The number of aromatic nitrogens is 1. The van der Waals surface area contributed by atoms with Crippen LogP contribution in [0.25, 0.3) is 10.8 Å². The van der Waals surface area contributed by atoms with Gasteiger partial charge in [-0.15, -0.1) is 0 Å². The van der Waals surface area contributed by atoms with Gasteiger partial charge >= 0.3 is 5.97 Å². The van der Waals surface area contributed by atoms with E-state index in [1.807, 2.05) is 45.0 Å². The van der Waals surface area contributed by atoms with Gasteiger partial charge in [0.15, 0.2) is 0 Å². The molecule has 1 aliphatic carbocycles. The summed E-state index contributed by atoms with van der Waals surface area (Å²) in [5, 5.41) is 14.2. The molecule has 2 unspecified atom stereocenters. The van der Waals surface area contributed by atoms with Crippen LogP contribution in [0, 0.1) is 5.41 Å². The van der Waals surface area contributed by atoms with Crippen molar-refractivity contribution in [1.82, 2.24) is 10.3 Å². The van der Waals surface area contributed by atoms with Gasteiger partial charge < -0.3 is 15.2 Å². The van der Waals surface area contributed by atoms with Gasteiger partial charge in [0, 0.05) is 36.2 Å². The summed E-state index contributed by atoms with van der Waals surface area (Å²) in [4.78, 5) is 29.0. The molecule has 132 valence electrons. The van der Waals surface area contributed by atoms with Gasteiger partial charge in [-0.3, -0.25) is 9.78 Å². The number of carboxylic acids is 1. The maximum atomic E-state index is 12.9. The van der Waals surface area contributed by atoms with Crippen molar-refractivity contribution in [3.8, 4) is 0 Å². The Morgan fingerprint density at radius 2 is 2.04 bits per heavy atom. The zero-order valence-corrected chi connectivity index (χ0v) is 14.6. The molecule has 2 N–H and O–H groups in total. The van der Waals surface area contributed by atoms with Crippen LogP contribution in [-0.2, 0) is 9.53 Å². The van der Waals surface area contributed by atoms with Crippen molar-refractivity contribution in [2.24, 2.45) is 5.41 Å². The van der Waals surface area contributed by atoms with Crippen molar-refractivity contribution < 1.29 is 19.4 Å². The first-order chi connectivity index (χ1) is 11.8. The lowest BCUT2D eigenvalue weighted by Crippen LogP contribution is -2.76. The third-order valence-corrected chi connectivity index (χ3v) is 5.37. The van der Waals surface area contributed by atoms with Gasteiger partial charge in [-0.05, 0) is 12.3 Å². The van der Waals surface area contributed by atoms with E-state index in [0.717, 1.165) is 10.8 Å². The number of pyridine rings is 1. The molecule has 0 saturated heterocycles. The molecule has 0 radical (unpaired) electrons. The van der Waals surface area contributed by atoms with Crippen LogP contribution in [-0.4, -0.2) is 40.2 Å². The van der Waals surface area contributed by atoms with Crippen molar-refractivity contribution in [2.75, 3.05) is 6.61 Å². The summed E-state index contributed by atoms with van der Waals surface area (Å²) in [5.41, 5.74) is -1.71. The number of hydrogen-bond donors (Lipinski definition) is 2. The van der Waals surface area contributed by atoms with Crippen LogP contribution < -0.4 is 5.32 Å². The number of nitrogens with one attached hydrogen (secondary N) is 1. The summed E-state index contributed by atoms with van der Waals surface area (Å²) in [5.74, 6) is -1.48. The molecule has 3 rings (SSSR count). The number of amides is 1. The Hall–Kier alpha value is -2.47. The van der Waals surface area contributed by atoms with E-state index in [0.29, 0.717) is 12.2 Å². The summed E-state index contributed by atoms with van der Waals surface area (Å²) in [6.45, 7) is 6.00. The number of ether oxygens (including phenoxy) is 1. The molecule has 0 bridgehead atoms. The number of aliphatic carboxylic acids is 1. The van der Waals surface area contributed by atoms with Crippen molar-refractivity contribution in [2.45, 2.75) is 38.8 Å². The van der Waals surface area contributed by atoms with E-state index in [4.69, 9.17) is 4.74 Å². The number of carbonyl (C=O) groups excluding carboxylic acids is 1. The first-order valence-corrected chi connectivity index (χ1v) is 8.33. The summed E-state index contributed by atoms with van der Waals surface area (Å²) < 4.78 is 5.63. The van der Waals surface area contributed by atoms with E-state index in [-0.39, 0.29) is 12.5 Å². The fourth-order valence-electron chi connectivity index (χ4n) is 3.60. The predicted octanol–water partition coefficient (Wildman–Crippen LogP) is 2.62. The van der Waals surface area contributed by atoms with Crippen LogP contribution >= 0.6 is 0 Å². The van der Waals surface area contributed by atoms with Gasteiger partial charge in [0.2, 0.25) is 0 Å². The summed E-state index contributed by atoms with van der Waals surface area (Å²) in [6.07, 6.45) is 3.18. The van der Waals surface area contributed by atoms with Crippen LogP contribution in [0.1, 0.15) is 37.6 Å². The average Bonchev–Trinajstić information content (AvgIpc) is 2.59. The highest BCUT2D eigenvalue weighted by Crippen LogP contribution is 2.51. The van der Waals surface area contributed by atoms with Crippen molar-refractivity contribution in [3.63, 3.8) is 0 Å². The fraction of sp³-hybridized carbons (Fsp3) is 0.421. The zero-order chi connectivity index (χ0) is 18.2. The molecule has 1 aromatic heterocycles. The average molecular weight is 342 g/mol. The van der Waals surface area contributed by atoms with Crippen molar-refractivity contribution in [3.05, 3.63) is 42.2 Å². The van der Waals surface area contributed by atoms with Crippen LogP contribution in [0.5, 0.6) is 0 Å². The summed E-state index contributed by atoms with van der Waals surface area (Å²) in [7, 11) is 0. The largest absolute Gasteiger partial charge is 0.479 e. The first-order valence-electron chi connectivity index (χ1n) is 8.33. The number of benzene rings is 1. The second-order valence-electron chi connectivity index (χ2n) is 6.94. The van der Waals surface area contributed by atoms with Gasteiger partial charge in [0.1, 0.15) is 5.54 Å². The number of fused-ring (bicyclic) bond motifs is 1. The molecule has 1 aromatic carbocycles. The van der Waals surface area contributed by atoms with E-state index < -0.39 is 22.8 Å². The minimum absolute atomic E-state index is 0.209. The number of carbonyl (C=O) groups is 2. The molecule has 25 heavy (non-hydrogen) atoms. The number of rotatable bonds is 5. The quantitative estimate of drug-likeness (QED) is 0.872. The topological polar surface area (TPSA) is 88.5 Å². The van der Waals surface area contributed by atoms with Gasteiger partial charge in [-0.1, -0.05) is 38.1 Å². The zero-order valence-electron chi connectivity index (χ0n) is 14.6. The molecule has 2 atom stereocenters. The van der Waals surface area contributed by atoms with E-state index >= 15 is 0 Å². The van der Waals surface area contributed by atoms with Crippen LogP contribution in [0.2, 0.25) is 0 Å². The Labute approximate surface area is 146 Å². The highest BCUT2D eigenvalue weighted by Gasteiger charge is 2.66. The summed E-state index contributed by atoms with van der Waals surface area (Å²) in [6, 6.07) is 7.40. The van der Waals surface area contributed by atoms with Crippen LogP contribution in [0.3, 0.4) is 0 Å². The van der Waals surface area contributed by atoms with E-state index in [1.165, 1.54) is 6.20 Å². The number of carboxylic acid groups (broad SMARTS) is 1. The predicted molar refractivity (Wildman–Crippen MR) is 93.4 cm³/mol. The third-order valence-electron chi connectivity index (χ3n) is 5.37. The molecule has 2 aromatic rings. The molecule has 1 heterocycles. The van der Waals surface area contributed by atoms with E-state index in [1.54, 1.807) is 6.20 Å². The molecule has 0 aliphatic heterocycles. The summed E-state index contributed by atoms with van der Waals surface area (Å²) >= 11 is 0. The molecule has 1 fully saturated rings. The molecule has 0 spiro atoms. The Kier molecular flexibility index (Phi) is 4.24. The maximum absolute atomic E-state index is 12.9. The normalized spacial score (nSPS) is 24.5. The minimum Gasteiger partial charge on any atom is -0.479 e. The maximum Gasteiger partial charge on any atom is 0.330 e. The Balaban J connectivity index is 1.94. The Morgan fingerprint density at radius 3 is 2.68 bits per heavy atom. The van der Waals surface area contributed by atoms with Crippen LogP contribution in [0.4, 0.5) is 0 Å². The monoisotopic (exact) mass is 342 g/mol. The Morgan fingerprint density at radius 1 is 1.32 bits per heavy atom. The lowest BCUT2D eigenvalue weighted by molar-refractivity contribution is -0.190. The smallest absolute Gasteiger partial charge is 0.330 e. The van der Waals surface area contributed by atoms with Gasteiger partial charge in [-0.2, -0.15) is 0 Å². The molecular weight excluding hydrogens is 320 g/mol. The van der Waals surface area contributed by atoms with Gasteiger partial charge in [-0.25, -0.2) is 4.79 Å². The minimum atomic E-state index is -1.36. The molecule has 1 amide bonds. The van der Waals surface area contributed by atoms with E-state index in [2.05, 4.69) is 10.3 Å². The highest BCUT2D eigenvalue weighted by molar-refractivity contribution is 6.08. The standard InChI is InChI=1S/C19H22N2O4/c1-4-25-15-9-19(17(23)24,18(15,2)3)21-16(22)14-11-20-10-12-7-5-6-8-13(12)14/h5-8,10-11,15H,4,9H2,1-3H3,(H,21,22)(H,23,24). The second-order valence-corrected chi connectivity index (χ2v) is 6.94. The molecule has 6 nitrogen and oxygen atoms in total. The van der Waals surface area contributed by atoms with Gasteiger partial charge in [0.05, 0.1) is 11.7 Å². The second kappa shape index (κ2) is 6.11. The number of nitrogens with zero attached hydrogens (tertiary/aromatic N) is 1. The third kappa shape index (κ3) is 2.57. The fourth-order valence-corrected chi connectivity index (χ4v) is 3.60. The first kappa shape index (κ1) is 17.4. The van der Waals surface area contributed by atoms with Crippen molar-refractivity contribution >= 4 is 22.6 Å². The SMILES string of the molecule is CCOC1CC(NC(=O)c2cncc3ccccc23)(C(=O)O)C1(C)C. The molecule has 1 aliphatic rings. The number of hydrogen-bond acceptors (Lipinski definition) is 4. The lowest BCUT2D eigenvalue weighted by Gasteiger charge is -2.58. The van der Waals surface area contributed by atoms with Gasteiger partial charge in [0.25, 0.3) is 5.91 Å². The molecule has 1 saturated carbocycles. The molecule has 6 heteroatoms. The van der Waals surface area contributed by atoms with E-state index in [9.17, 15) is 14.7 Å².